The third kappa shape index (κ3) is 3.98. The fourth-order valence-electron chi connectivity index (χ4n) is 2.83. The molecule has 1 fully saturated rings. The Morgan fingerprint density at radius 3 is 2.87 bits per heavy atom. The molecule has 1 N–H and O–H groups in total. The lowest BCUT2D eigenvalue weighted by molar-refractivity contribution is 0.335. The second-order valence-electron chi connectivity index (χ2n) is 5.59. The lowest BCUT2D eigenvalue weighted by Gasteiger charge is -2.22. The van der Waals surface area contributed by atoms with Gasteiger partial charge in [0.05, 0.1) is 12.3 Å². The molecule has 8 nitrogen and oxygen atoms in total. The third-order valence-corrected chi connectivity index (χ3v) is 5.60. The van der Waals surface area contributed by atoms with Crippen molar-refractivity contribution in [3.8, 4) is 0 Å². The van der Waals surface area contributed by atoms with Crippen molar-refractivity contribution in [2.75, 3.05) is 13.1 Å². The van der Waals surface area contributed by atoms with E-state index in [1.165, 1.54) is 4.31 Å². The fraction of sp³-hybridized carbons (Fsp3) is 0.571. The zero-order valence-electron chi connectivity index (χ0n) is 12.8. The summed E-state index contributed by atoms with van der Waals surface area (Å²) in [6.45, 7) is 1.74. The van der Waals surface area contributed by atoms with Crippen LogP contribution in [0, 0.1) is 0 Å². The predicted molar refractivity (Wildman–Crippen MR) is 83.6 cm³/mol. The number of aryl methyl sites for hydroxylation is 1. The highest BCUT2D eigenvalue weighted by molar-refractivity contribution is 7.87. The van der Waals surface area contributed by atoms with Gasteiger partial charge in [0, 0.05) is 19.6 Å². The number of rotatable bonds is 8. The Kier molecular flexibility index (Phi) is 5.09. The van der Waals surface area contributed by atoms with E-state index in [0.717, 1.165) is 32.2 Å². The summed E-state index contributed by atoms with van der Waals surface area (Å²) >= 11 is 0. The maximum atomic E-state index is 12.5. The first kappa shape index (κ1) is 16.2. The summed E-state index contributed by atoms with van der Waals surface area (Å²) in [5.41, 5.74) is 0. The molecule has 3 rings (SSSR count). The molecule has 0 bridgehead atoms. The highest BCUT2D eigenvalue weighted by atomic mass is 32.2. The van der Waals surface area contributed by atoms with Crippen molar-refractivity contribution < 1.29 is 12.8 Å². The van der Waals surface area contributed by atoms with Gasteiger partial charge in [-0.2, -0.15) is 12.7 Å². The van der Waals surface area contributed by atoms with Crippen LogP contribution in [0.1, 0.15) is 37.5 Å². The van der Waals surface area contributed by atoms with Crippen molar-refractivity contribution in [1.29, 1.82) is 0 Å². The molecule has 0 unspecified atom stereocenters. The van der Waals surface area contributed by atoms with Crippen LogP contribution < -0.4 is 4.72 Å². The second kappa shape index (κ2) is 7.24. The minimum Gasteiger partial charge on any atom is -0.468 e. The molecule has 126 valence electrons. The van der Waals surface area contributed by atoms with E-state index in [1.807, 2.05) is 10.6 Å². The summed E-state index contributed by atoms with van der Waals surface area (Å²) in [5, 5.41) is 7.46. The SMILES string of the molecule is O=S(=O)(NCCCCn1cnnc1)N1CCC[C@H]1c1ccco1. The number of aromatic nitrogens is 3. The average Bonchev–Trinajstić information content (AvgIpc) is 3.27. The standard InChI is InChI=1S/C14H21N5O3S/c20-23(21,17-7-1-2-8-18-11-15-16-12-18)19-9-3-5-13(19)14-6-4-10-22-14/h4,6,10-13,17H,1-3,5,7-9H2/t13-/m0/s1. The minimum atomic E-state index is -3.48. The number of hydrogen-bond donors (Lipinski definition) is 1. The van der Waals surface area contributed by atoms with Gasteiger partial charge in [-0.1, -0.05) is 0 Å². The zero-order chi connectivity index (χ0) is 16.1. The Balaban J connectivity index is 1.48. The van der Waals surface area contributed by atoms with Crippen LogP contribution in [-0.2, 0) is 16.8 Å². The highest BCUT2D eigenvalue weighted by Gasteiger charge is 2.36. The molecule has 2 aromatic heterocycles. The van der Waals surface area contributed by atoms with Crippen molar-refractivity contribution in [3.05, 3.63) is 36.8 Å². The van der Waals surface area contributed by atoms with Crippen molar-refractivity contribution in [2.24, 2.45) is 0 Å². The summed E-state index contributed by atoms with van der Waals surface area (Å²) in [4.78, 5) is 0. The van der Waals surface area contributed by atoms with Crippen molar-refractivity contribution >= 4 is 10.2 Å². The van der Waals surface area contributed by atoms with Gasteiger partial charge in [0.25, 0.3) is 10.2 Å². The zero-order valence-corrected chi connectivity index (χ0v) is 13.7. The van der Waals surface area contributed by atoms with E-state index in [1.54, 1.807) is 25.0 Å². The normalized spacial score (nSPS) is 19.4. The highest BCUT2D eigenvalue weighted by Crippen LogP contribution is 2.33. The Hall–Kier alpha value is -1.71. The van der Waals surface area contributed by atoms with Crippen LogP contribution in [0.5, 0.6) is 0 Å². The van der Waals surface area contributed by atoms with Crippen LogP contribution in [0.4, 0.5) is 0 Å². The van der Waals surface area contributed by atoms with Crippen LogP contribution in [0.3, 0.4) is 0 Å². The second-order valence-corrected chi connectivity index (χ2v) is 7.30. The van der Waals surface area contributed by atoms with Crippen molar-refractivity contribution in [3.63, 3.8) is 0 Å². The lowest BCUT2D eigenvalue weighted by atomic mass is 10.2. The molecule has 1 aliphatic rings. The molecular formula is C14H21N5O3S. The quantitative estimate of drug-likeness (QED) is 0.732. The molecule has 2 aromatic rings. The maximum absolute atomic E-state index is 12.5. The molecule has 0 aliphatic carbocycles. The first-order chi connectivity index (χ1) is 11.2. The smallest absolute Gasteiger partial charge is 0.280 e. The van der Waals surface area contributed by atoms with Crippen molar-refractivity contribution in [1.82, 2.24) is 23.8 Å². The maximum Gasteiger partial charge on any atom is 0.280 e. The van der Waals surface area contributed by atoms with Gasteiger partial charge in [-0.3, -0.25) is 0 Å². The number of hydrogen-bond acceptors (Lipinski definition) is 5. The Bertz CT molecular complexity index is 684. The first-order valence-corrected chi connectivity index (χ1v) is 9.23. The van der Waals surface area contributed by atoms with Gasteiger partial charge in [-0.25, -0.2) is 4.72 Å². The topological polar surface area (TPSA) is 93.3 Å². The molecular weight excluding hydrogens is 318 g/mol. The minimum absolute atomic E-state index is 0.195. The molecule has 3 heterocycles. The summed E-state index contributed by atoms with van der Waals surface area (Å²) in [7, 11) is -3.48. The van der Waals surface area contributed by atoms with Gasteiger partial charge in [-0.15, -0.1) is 10.2 Å². The van der Waals surface area contributed by atoms with Gasteiger partial charge >= 0.3 is 0 Å². The number of nitrogens with zero attached hydrogens (tertiary/aromatic N) is 4. The van der Waals surface area contributed by atoms with E-state index in [4.69, 9.17) is 4.42 Å². The largest absolute Gasteiger partial charge is 0.468 e. The fourth-order valence-corrected chi connectivity index (χ4v) is 4.32. The Morgan fingerprint density at radius 1 is 1.30 bits per heavy atom. The van der Waals surface area contributed by atoms with Crippen LogP contribution in [0.25, 0.3) is 0 Å². The van der Waals surface area contributed by atoms with Crippen LogP contribution in [0.15, 0.2) is 35.5 Å². The lowest BCUT2D eigenvalue weighted by Crippen LogP contribution is -2.40. The summed E-state index contributed by atoms with van der Waals surface area (Å²) in [5.74, 6) is 0.709. The monoisotopic (exact) mass is 339 g/mol. The molecule has 0 radical (unpaired) electrons. The Morgan fingerprint density at radius 2 is 2.13 bits per heavy atom. The molecule has 1 saturated heterocycles. The van der Waals surface area contributed by atoms with E-state index in [2.05, 4.69) is 14.9 Å². The molecule has 0 aromatic carbocycles. The molecule has 0 saturated carbocycles. The summed E-state index contributed by atoms with van der Waals surface area (Å²) in [6.07, 6.45) is 8.16. The molecule has 1 atom stereocenters. The third-order valence-electron chi connectivity index (χ3n) is 3.98. The van der Waals surface area contributed by atoms with Crippen LogP contribution in [-0.4, -0.2) is 40.6 Å². The van der Waals surface area contributed by atoms with E-state index < -0.39 is 10.2 Å². The van der Waals surface area contributed by atoms with E-state index in [0.29, 0.717) is 18.8 Å². The first-order valence-electron chi connectivity index (χ1n) is 7.79. The molecule has 1 aliphatic heterocycles. The van der Waals surface area contributed by atoms with Gasteiger partial charge in [0.15, 0.2) is 0 Å². The molecule has 0 amide bonds. The summed E-state index contributed by atoms with van der Waals surface area (Å²) < 4.78 is 36.4. The Labute approximate surface area is 135 Å². The van der Waals surface area contributed by atoms with Gasteiger partial charge < -0.3 is 8.98 Å². The summed E-state index contributed by atoms with van der Waals surface area (Å²) in [6, 6.07) is 3.42. The van der Waals surface area contributed by atoms with Gasteiger partial charge in [0.1, 0.15) is 18.4 Å². The van der Waals surface area contributed by atoms with Crippen molar-refractivity contribution in [2.45, 2.75) is 38.3 Å². The van der Waals surface area contributed by atoms with Gasteiger partial charge in [0.2, 0.25) is 0 Å². The number of nitrogens with one attached hydrogen (secondary N) is 1. The van der Waals surface area contributed by atoms with Crippen LogP contribution in [0.2, 0.25) is 0 Å². The molecule has 9 heteroatoms. The van der Waals surface area contributed by atoms with E-state index in [9.17, 15) is 8.42 Å². The van der Waals surface area contributed by atoms with E-state index in [-0.39, 0.29) is 6.04 Å². The van der Waals surface area contributed by atoms with Crippen LogP contribution >= 0.6 is 0 Å². The molecule has 0 spiro atoms. The van der Waals surface area contributed by atoms with Gasteiger partial charge in [-0.05, 0) is 37.8 Å². The molecule has 23 heavy (non-hydrogen) atoms. The average molecular weight is 339 g/mol. The number of unbranched alkanes of at least 4 members (excludes halogenated alkanes) is 1. The number of furan rings is 1. The predicted octanol–water partition coefficient (Wildman–Crippen LogP) is 1.32. The van der Waals surface area contributed by atoms with E-state index >= 15 is 0 Å².